The first-order chi connectivity index (χ1) is 15.5. The van der Waals surface area contributed by atoms with Crippen molar-refractivity contribution in [2.24, 2.45) is 0 Å². The van der Waals surface area contributed by atoms with Gasteiger partial charge in [-0.3, -0.25) is 14.9 Å². The van der Waals surface area contributed by atoms with Crippen molar-refractivity contribution >= 4 is 22.8 Å². The van der Waals surface area contributed by atoms with Crippen LogP contribution in [0.5, 0.6) is 0 Å². The zero-order chi connectivity index (χ0) is 22.2. The molecule has 1 aliphatic carbocycles. The number of carbonyl (C=O) groups is 1. The summed E-state index contributed by atoms with van der Waals surface area (Å²) in [5, 5.41) is 18.4. The molecule has 2 unspecified atom stereocenters. The first-order valence-electron chi connectivity index (χ1n) is 10.7. The molecule has 0 saturated carbocycles. The smallest absolute Gasteiger partial charge is 0.269 e. The van der Waals surface area contributed by atoms with E-state index in [-0.39, 0.29) is 17.4 Å². The van der Waals surface area contributed by atoms with Crippen LogP contribution >= 0.6 is 0 Å². The molecule has 1 heterocycles. The number of anilines is 2. The van der Waals surface area contributed by atoms with E-state index in [9.17, 15) is 14.9 Å². The summed E-state index contributed by atoms with van der Waals surface area (Å²) in [5.41, 5.74) is 6.25. The highest BCUT2D eigenvalue weighted by Gasteiger charge is 2.36. The fourth-order valence-electron chi connectivity index (χ4n) is 4.69. The monoisotopic (exact) mass is 425 g/mol. The van der Waals surface area contributed by atoms with Crippen LogP contribution in [0.4, 0.5) is 17.1 Å². The van der Waals surface area contributed by atoms with Crippen LogP contribution in [0.1, 0.15) is 41.5 Å². The standard InChI is InChI=1S/C26H23N3O3/c1-16-10-11-21-22(12-16)28-26(18-8-5-9-20(13-18)29(31)32)25-23(27-21)14-19(15-24(25)30)17-6-3-2-4-7-17/h2-13,19,26-28H,14-15H2,1H3. The maximum absolute atomic E-state index is 13.5. The van der Waals surface area contributed by atoms with Gasteiger partial charge in [0.1, 0.15) is 0 Å². The average molecular weight is 425 g/mol. The molecule has 0 spiro atoms. The summed E-state index contributed by atoms with van der Waals surface area (Å²) in [6, 6.07) is 22.2. The zero-order valence-electron chi connectivity index (χ0n) is 17.7. The first kappa shape index (κ1) is 20.0. The highest BCUT2D eigenvalue weighted by atomic mass is 16.6. The minimum atomic E-state index is -0.468. The number of aryl methyl sites for hydroxylation is 1. The highest BCUT2D eigenvalue weighted by molar-refractivity contribution is 6.01. The van der Waals surface area contributed by atoms with Crippen LogP contribution in [0.3, 0.4) is 0 Å². The molecular weight excluding hydrogens is 402 g/mol. The van der Waals surface area contributed by atoms with E-state index in [0.717, 1.165) is 28.2 Å². The van der Waals surface area contributed by atoms with E-state index in [1.165, 1.54) is 6.07 Å². The van der Waals surface area contributed by atoms with Crippen LogP contribution in [0.25, 0.3) is 0 Å². The number of Topliss-reactive ketones (excluding diaryl/α,β-unsaturated/α-hetero) is 1. The summed E-state index contributed by atoms with van der Waals surface area (Å²) < 4.78 is 0. The summed E-state index contributed by atoms with van der Waals surface area (Å²) in [4.78, 5) is 24.5. The van der Waals surface area contributed by atoms with E-state index in [1.54, 1.807) is 12.1 Å². The van der Waals surface area contributed by atoms with E-state index in [0.29, 0.717) is 24.0 Å². The number of nitrogens with zero attached hydrogens (tertiary/aromatic N) is 1. The van der Waals surface area contributed by atoms with Gasteiger partial charge in [0.05, 0.1) is 22.3 Å². The third-order valence-corrected chi connectivity index (χ3v) is 6.24. The Hall–Kier alpha value is -3.93. The van der Waals surface area contributed by atoms with Crippen molar-refractivity contribution in [3.05, 3.63) is 111 Å². The summed E-state index contributed by atoms with van der Waals surface area (Å²) in [6.45, 7) is 2.01. The van der Waals surface area contributed by atoms with Crippen LogP contribution in [0, 0.1) is 17.0 Å². The van der Waals surface area contributed by atoms with Crippen LogP contribution < -0.4 is 10.6 Å². The Morgan fingerprint density at radius 3 is 2.47 bits per heavy atom. The lowest BCUT2D eigenvalue weighted by Gasteiger charge is -2.29. The third-order valence-electron chi connectivity index (χ3n) is 6.24. The van der Waals surface area contributed by atoms with Gasteiger partial charge in [0.15, 0.2) is 5.78 Å². The molecule has 0 bridgehead atoms. The molecule has 6 nitrogen and oxygen atoms in total. The largest absolute Gasteiger partial charge is 0.372 e. The minimum Gasteiger partial charge on any atom is -0.372 e. The number of non-ortho nitro benzene ring substituents is 1. The molecule has 0 radical (unpaired) electrons. The second-order valence-corrected chi connectivity index (χ2v) is 8.43. The van der Waals surface area contributed by atoms with Crippen molar-refractivity contribution in [2.45, 2.75) is 31.7 Å². The number of benzene rings is 3. The SMILES string of the molecule is Cc1ccc2c(c1)NC(c1cccc([N+](=O)[O-])c1)C1=C(CC(c3ccccc3)CC1=O)N2. The number of hydrogen-bond donors (Lipinski definition) is 2. The van der Waals surface area contributed by atoms with Crippen molar-refractivity contribution < 1.29 is 9.72 Å². The Morgan fingerprint density at radius 1 is 0.906 bits per heavy atom. The van der Waals surface area contributed by atoms with Gasteiger partial charge >= 0.3 is 0 Å². The molecule has 0 amide bonds. The van der Waals surface area contributed by atoms with Gasteiger partial charge < -0.3 is 10.6 Å². The van der Waals surface area contributed by atoms with Crippen molar-refractivity contribution in [1.29, 1.82) is 0 Å². The topological polar surface area (TPSA) is 84.3 Å². The molecule has 32 heavy (non-hydrogen) atoms. The van der Waals surface area contributed by atoms with Crippen molar-refractivity contribution in [3.63, 3.8) is 0 Å². The molecular formula is C26H23N3O3. The van der Waals surface area contributed by atoms with Gasteiger partial charge in [-0.2, -0.15) is 0 Å². The summed E-state index contributed by atoms with van der Waals surface area (Å²) in [5.74, 6) is 0.147. The van der Waals surface area contributed by atoms with Crippen molar-refractivity contribution in [1.82, 2.24) is 0 Å². The maximum Gasteiger partial charge on any atom is 0.269 e. The van der Waals surface area contributed by atoms with Crippen LogP contribution in [-0.4, -0.2) is 10.7 Å². The lowest BCUT2D eigenvalue weighted by molar-refractivity contribution is -0.384. The molecule has 0 saturated heterocycles. The molecule has 160 valence electrons. The fraction of sp³-hybridized carbons (Fsp3) is 0.192. The number of rotatable bonds is 3. The average Bonchev–Trinajstić information content (AvgIpc) is 2.96. The number of carbonyl (C=O) groups excluding carboxylic acids is 1. The van der Waals surface area contributed by atoms with Crippen LogP contribution in [-0.2, 0) is 4.79 Å². The normalized spacial score (nSPS) is 19.8. The molecule has 0 fully saturated rings. The lowest BCUT2D eigenvalue weighted by atomic mass is 9.78. The Morgan fingerprint density at radius 2 is 1.69 bits per heavy atom. The van der Waals surface area contributed by atoms with E-state index in [1.807, 2.05) is 49.4 Å². The van der Waals surface area contributed by atoms with Gasteiger partial charge in [-0.05, 0) is 48.1 Å². The zero-order valence-corrected chi connectivity index (χ0v) is 17.7. The molecule has 1 aliphatic heterocycles. The van der Waals surface area contributed by atoms with Gasteiger partial charge in [-0.25, -0.2) is 0 Å². The van der Waals surface area contributed by atoms with Gasteiger partial charge in [-0.1, -0.05) is 48.5 Å². The quantitative estimate of drug-likeness (QED) is 0.404. The molecule has 2 N–H and O–H groups in total. The van der Waals surface area contributed by atoms with Crippen LogP contribution in [0.2, 0.25) is 0 Å². The summed E-state index contributed by atoms with van der Waals surface area (Å²) in [6.07, 6.45) is 1.11. The molecule has 0 aromatic heterocycles. The number of allylic oxidation sites excluding steroid dienone is 1. The van der Waals surface area contributed by atoms with E-state index < -0.39 is 11.0 Å². The van der Waals surface area contributed by atoms with E-state index in [4.69, 9.17) is 0 Å². The van der Waals surface area contributed by atoms with Crippen LogP contribution in [0.15, 0.2) is 84.1 Å². The second-order valence-electron chi connectivity index (χ2n) is 8.43. The number of nitro benzene ring substituents is 1. The van der Waals surface area contributed by atoms with Crippen molar-refractivity contribution in [3.8, 4) is 0 Å². The molecule has 5 rings (SSSR count). The Bertz CT molecular complexity index is 1250. The van der Waals surface area contributed by atoms with Crippen molar-refractivity contribution in [2.75, 3.05) is 10.6 Å². The van der Waals surface area contributed by atoms with Gasteiger partial charge in [0, 0.05) is 29.8 Å². The molecule has 2 aliphatic rings. The lowest BCUT2D eigenvalue weighted by Crippen LogP contribution is -2.26. The predicted molar refractivity (Wildman–Crippen MR) is 125 cm³/mol. The Kier molecular flexibility index (Phi) is 4.98. The predicted octanol–water partition coefficient (Wildman–Crippen LogP) is 5.88. The van der Waals surface area contributed by atoms with Gasteiger partial charge in [0.2, 0.25) is 0 Å². The minimum absolute atomic E-state index is 0.0125. The number of nitro groups is 1. The second kappa shape index (κ2) is 7.96. The first-order valence-corrected chi connectivity index (χ1v) is 10.7. The number of fused-ring (bicyclic) bond motifs is 1. The molecule has 3 aromatic carbocycles. The fourth-order valence-corrected chi connectivity index (χ4v) is 4.69. The van der Waals surface area contributed by atoms with Gasteiger partial charge in [-0.15, -0.1) is 0 Å². The third kappa shape index (κ3) is 3.64. The Labute approximate surface area is 186 Å². The van der Waals surface area contributed by atoms with E-state index in [2.05, 4.69) is 22.8 Å². The van der Waals surface area contributed by atoms with E-state index >= 15 is 0 Å². The summed E-state index contributed by atoms with van der Waals surface area (Å²) >= 11 is 0. The number of hydrogen-bond acceptors (Lipinski definition) is 5. The number of ketones is 1. The molecule has 3 aromatic rings. The Balaban J connectivity index is 1.64. The maximum atomic E-state index is 13.5. The molecule has 6 heteroatoms. The van der Waals surface area contributed by atoms with Gasteiger partial charge in [0.25, 0.3) is 5.69 Å². The number of nitrogens with one attached hydrogen (secondary N) is 2. The summed E-state index contributed by atoms with van der Waals surface area (Å²) in [7, 11) is 0. The highest BCUT2D eigenvalue weighted by Crippen LogP contribution is 2.44. The molecule has 2 atom stereocenters.